The number of hydrogen-bond donors (Lipinski definition) is 2. The van der Waals surface area contributed by atoms with Crippen molar-refractivity contribution >= 4 is 0 Å². The van der Waals surface area contributed by atoms with Crippen molar-refractivity contribution in [2.75, 3.05) is 7.05 Å². The molecular weight excluding hydrogens is 186 g/mol. The monoisotopic (exact) mass is 205 g/mol. The van der Waals surface area contributed by atoms with Crippen LogP contribution in [0, 0.1) is 0 Å². The molecule has 0 aliphatic heterocycles. The van der Waals surface area contributed by atoms with E-state index in [4.69, 9.17) is 0 Å². The van der Waals surface area contributed by atoms with E-state index in [0.717, 1.165) is 24.8 Å². The number of hydrogen-bond acceptors (Lipinski definition) is 2. The van der Waals surface area contributed by atoms with Gasteiger partial charge in [0.2, 0.25) is 0 Å². The Morgan fingerprint density at radius 3 is 2.67 bits per heavy atom. The molecule has 2 atom stereocenters. The lowest BCUT2D eigenvalue weighted by Crippen LogP contribution is -2.49. The highest BCUT2D eigenvalue weighted by molar-refractivity contribution is 5.25. The van der Waals surface area contributed by atoms with Gasteiger partial charge in [-0.05, 0) is 25.5 Å². The molecule has 2 nitrogen and oxygen atoms in total. The molecule has 0 aromatic heterocycles. The molecule has 2 unspecified atom stereocenters. The Bertz CT molecular complexity index is 312. The number of benzene rings is 1. The van der Waals surface area contributed by atoms with Gasteiger partial charge in [-0.25, -0.2) is 0 Å². The summed E-state index contributed by atoms with van der Waals surface area (Å²) in [6.07, 6.45) is 4.24. The van der Waals surface area contributed by atoms with Crippen LogP contribution in [0.2, 0.25) is 0 Å². The Morgan fingerprint density at radius 2 is 2.00 bits per heavy atom. The fourth-order valence-corrected chi connectivity index (χ4v) is 2.61. The van der Waals surface area contributed by atoms with Crippen LogP contribution in [0.5, 0.6) is 0 Å². The van der Waals surface area contributed by atoms with Gasteiger partial charge >= 0.3 is 0 Å². The van der Waals surface area contributed by atoms with Crippen molar-refractivity contribution in [3.63, 3.8) is 0 Å². The summed E-state index contributed by atoms with van der Waals surface area (Å²) in [6.45, 7) is 0. The highest BCUT2D eigenvalue weighted by atomic mass is 16.3. The molecule has 1 aliphatic rings. The van der Waals surface area contributed by atoms with Crippen LogP contribution in [0.4, 0.5) is 0 Å². The maximum absolute atomic E-state index is 10.7. The molecule has 0 spiro atoms. The molecule has 2 heteroatoms. The molecule has 0 bridgehead atoms. The fraction of sp³-hybridized carbons (Fsp3) is 0.538. The third-order valence-corrected chi connectivity index (χ3v) is 3.50. The first-order valence-corrected chi connectivity index (χ1v) is 5.72. The zero-order valence-electron chi connectivity index (χ0n) is 9.24. The van der Waals surface area contributed by atoms with Gasteiger partial charge in [-0.15, -0.1) is 0 Å². The smallest absolute Gasteiger partial charge is 0.105 e. The fourth-order valence-electron chi connectivity index (χ4n) is 2.61. The molecule has 1 aromatic rings. The first-order chi connectivity index (χ1) is 7.27. The van der Waals surface area contributed by atoms with E-state index in [-0.39, 0.29) is 6.04 Å². The zero-order chi connectivity index (χ0) is 10.7. The number of aliphatic hydroxyl groups is 1. The third-order valence-electron chi connectivity index (χ3n) is 3.50. The van der Waals surface area contributed by atoms with E-state index in [1.807, 2.05) is 37.4 Å². The Kier molecular flexibility index (Phi) is 3.08. The topological polar surface area (TPSA) is 32.3 Å². The summed E-state index contributed by atoms with van der Waals surface area (Å²) in [6, 6.07) is 10.2. The van der Waals surface area contributed by atoms with Crippen LogP contribution in [0.3, 0.4) is 0 Å². The number of nitrogens with one attached hydrogen (secondary N) is 1. The van der Waals surface area contributed by atoms with Gasteiger partial charge in [0.05, 0.1) is 0 Å². The van der Waals surface area contributed by atoms with E-state index in [2.05, 4.69) is 5.32 Å². The van der Waals surface area contributed by atoms with Crippen LogP contribution < -0.4 is 5.32 Å². The highest BCUT2D eigenvalue weighted by Crippen LogP contribution is 2.36. The van der Waals surface area contributed by atoms with Gasteiger partial charge in [0.25, 0.3) is 0 Å². The van der Waals surface area contributed by atoms with E-state index in [9.17, 15) is 5.11 Å². The first-order valence-electron chi connectivity index (χ1n) is 5.72. The van der Waals surface area contributed by atoms with E-state index >= 15 is 0 Å². The van der Waals surface area contributed by atoms with Crippen LogP contribution in [0.25, 0.3) is 0 Å². The van der Waals surface area contributed by atoms with Crippen molar-refractivity contribution in [1.82, 2.24) is 5.32 Å². The van der Waals surface area contributed by atoms with Crippen LogP contribution in [-0.2, 0) is 5.60 Å². The van der Waals surface area contributed by atoms with Crippen LogP contribution in [-0.4, -0.2) is 18.2 Å². The van der Waals surface area contributed by atoms with Gasteiger partial charge in [-0.2, -0.15) is 0 Å². The highest BCUT2D eigenvalue weighted by Gasteiger charge is 2.39. The molecule has 15 heavy (non-hydrogen) atoms. The minimum Gasteiger partial charge on any atom is -0.384 e. The SMILES string of the molecule is CNC1CCCCC1(O)c1ccccc1. The van der Waals surface area contributed by atoms with E-state index in [1.165, 1.54) is 6.42 Å². The van der Waals surface area contributed by atoms with Crippen LogP contribution >= 0.6 is 0 Å². The van der Waals surface area contributed by atoms with Crippen molar-refractivity contribution in [3.05, 3.63) is 35.9 Å². The van der Waals surface area contributed by atoms with Gasteiger partial charge in [0, 0.05) is 6.04 Å². The number of likely N-dealkylation sites (N-methyl/N-ethyl adjacent to an activating group) is 1. The molecule has 2 N–H and O–H groups in total. The van der Waals surface area contributed by atoms with Crippen molar-refractivity contribution in [3.8, 4) is 0 Å². The van der Waals surface area contributed by atoms with Crippen molar-refractivity contribution in [1.29, 1.82) is 0 Å². The molecule has 1 fully saturated rings. The predicted octanol–water partition coefficient (Wildman–Crippen LogP) is 2.04. The summed E-state index contributed by atoms with van der Waals surface area (Å²) in [4.78, 5) is 0. The molecule has 0 radical (unpaired) electrons. The third kappa shape index (κ3) is 1.92. The van der Waals surface area contributed by atoms with E-state index < -0.39 is 5.60 Å². The summed E-state index contributed by atoms with van der Waals surface area (Å²) in [5.74, 6) is 0. The predicted molar refractivity (Wildman–Crippen MR) is 61.7 cm³/mol. The lowest BCUT2D eigenvalue weighted by atomic mass is 9.76. The molecule has 0 saturated heterocycles. The first kappa shape index (κ1) is 10.7. The molecule has 0 amide bonds. The van der Waals surface area contributed by atoms with Gasteiger partial charge in [-0.3, -0.25) is 0 Å². The Morgan fingerprint density at radius 1 is 1.27 bits per heavy atom. The van der Waals surface area contributed by atoms with Gasteiger partial charge in [0.15, 0.2) is 0 Å². The quantitative estimate of drug-likeness (QED) is 0.774. The lowest BCUT2D eigenvalue weighted by Gasteiger charge is -2.40. The molecule has 1 saturated carbocycles. The normalized spacial score (nSPS) is 31.5. The Balaban J connectivity index is 2.30. The summed E-state index contributed by atoms with van der Waals surface area (Å²) >= 11 is 0. The molecule has 0 heterocycles. The summed E-state index contributed by atoms with van der Waals surface area (Å²) < 4.78 is 0. The molecule has 1 aliphatic carbocycles. The van der Waals surface area contributed by atoms with Crippen molar-refractivity contribution in [2.45, 2.75) is 37.3 Å². The summed E-state index contributed by atoms with van der Waals surface area (Å²) in [5.41, 5.74) is 0.373. The van der Waals surface area contributed by atoms with Gasteiger partial charge in [0.1, 0.15) is 5.60 Å². The van der Waals surface area contributed by atoms with Crippen molar-refractivity contribution in [2.24, 2.45) is 0 Å². The lowest BCUT2D eigenvalue weighted by molar-refractivity contribution is -0.0298. The molecule has 1 aromatic carbocycles. The van der Waals surface area contributed by atoms with Crippen molar-refractivity contribution < 1.29 is 5.11 Å². The molecule has 82 valence electrons. The standard InChI is InChI=1S/C13H19NO/c1-14-12-9-5-6-10-13(12,15)11-7-3-2-4-8-11/h2-4,7-8,12,14-15H,5-6,9-10H2,1H3. The van der Waals surface area contributed by atoms with Gasteiger partial charge < -0.3 is 10.4 Å². The molecular formula is C13H19NO. The minimum atomic E-state index is -0.672. The van der Waals surface area contributed by atoms with Gasteiger partial charge in [-0.1, -0.05) is 43.2 Å². The second-order valence-corrected chi connectivity index (χ2v) is 4.38. The average molecular weight is 205 g/mol. The maximum atomic E-state index is 10.7. The maximum Gasteiger partial charge on any atom is 0.105 e. The second-order valence-electron chi connectivity index (χ2n) is 4.38. The van der Waals surface area contributed by atoms with Crippen LogP contribution in [0.1, 0.15) is 31.2 Å². The zero-order valence-corrected chi connectivity index (χ0v) is 9.24. The van der Waals surface area contributed by atoms with Crippen LogP contribution in [0.15, 0.2) is 30.3 Å². The average Bonchev–Trinajstić information content (AvgIpc) is 2.31. The minimum absolute atomic E-state index is 0.189. The Labute approximate surface area is 91.3 Å². The summed E-state index contributed by atoms with van der Waals surface area (Å²) in [5, 5.41) is 14.0. The van der Waals surface area contributed by atoms with E-state index in [0.29, 0.717) is 0 Å². The largest absolute Gasteiger partial charge is 0.384 e. The second kappa shape index (κ2) is 4.33. The van der Waals surface area contributed by atoms with E-state index in [1.54, 1.807) is 0 Å². The molecule has 2 rings (SSSR count). The number of rotatable bonds is 2. The summed E-state index contributed by atoms with van der Waals surface area (Å²) in [7, 11) is 1.93. The Hall–Kier alpha value is -0.860.